The predicted molar refractivity (Wildman–Crippen MR) is 41.7 cm³/mol. The van der Waals surface area contributed by atoms with Gasteiger partial charge in [-0.1, -0.05) is 20.3 Å². The maximum atomic E-state index is 13.1. The van der Waals surface area contributed by atoms with Crippen LogP contribution in [0.5, 0.6) is 0 Å². The zero-order valence-electron chi connectivity index (χ0n) is 7.45. The van der Waals surface area contributed by atoms with Crippen molar-refractivity contribution in [3.8, 4) is 0 Å². The van der Waals surface area contributed by atoms with Crippen molar-refractivity contribution in [1.82, 2.24) is 0 Å². The van der Waals surface area contributed by atoms with Crippen molar-refractivity contribution in [2.24, 2.45) is 11.3 Å². The van der Waals surface area contributed by atoms with Crippen molar-refractivity contribution < 1.29 is 8.78 Å². The van der Waals surface area contributed by atoms with Crippen molar-refractivity contribution in [3.63, 3.8) is 0 Å². The Bertz CT molecular complexity index is 140. The summed E-state index contributed by atoms with van der Waals surface area (Å²) < 4.78 is 26.1. The minimum absolute atomic E-state index is 0.108. The summed E-state index contributed by atoms with van der Waals surface area (Å²) in [4.78, 5) is 0. The fraction of sp³-hybridized carbons (Fsp3) is 1.00. The molecule has 0 N–H and O–H groups in total. The van der Waals surface area contributed by atoms with Gasteiger partial charge in [-0.3, -0.25) is 0 Å². The molecule has 1 fully saturated rings. The van der Waals surface area contributed by atoms with E-state index in [1.165, 1.54) is 0 Å². The van der Waals surface area contributed by atoms with Crippen molar-refractivity contribution in [2.45, 2.75) is 46.0 Å². The Morgan fingerprint density at radius 1 is 1.27 bits per heavy atom. The molecule has 0 saturated heterocycles. The molecule has 1 aliphatic carbocycles. The van der Waals surface area contributed by atoms with Crippen molar-refractivity contribution in [1.29, 1.82) is 0 Å². The van der Waals surface area contributed by atoms with Crippen LogP contribution >= 0.6 is 0 Å². The van der Waals surface area contributed by atoms with Crippen LogP contribution in [0.3, 0.4) is 0 Å². The zero-order valence-corrected chi connectivity index (χ0v) is 7.45. The van der Waals surface area contributed by atoms with Crippen molar-refractivity contribution in [3.05, 3.63) is 0 Å². The van der Waals surface area contributed by atoms with E-state index in [1.807, 2.05) is 13.8 Å². The first-order valence-electron chi connectivity index (χ1n) is 4.28. The molecule has 0 aromatic heterocycles. The molecule has 11 heavy (non-hydrogen) atoms. The van der Waals surface area contributed by atoms with Crippen molar-refractivity contribution >= 4 is 0 Å². The number of alkyl halides is 2. The molecule has 0 amide bonds. The molecule has 0 atom stereocenters. The molecule has 2 heteroatoms. The molecule has 0 aromatic rings. The van der Waals surface area contributed by atoms with Gasteiger partial charge in [0.15, 0.2) is 0 Å². The van der Waals surface area contributed by atoms with Gasteiger partial charge in [0, 0.05) is 5.41 Å². The lowest BCUT2D eigenvalue weighted by atomic mass is 9.59. The molecule has 1 rings (SSSR count). The van der Waals surface area contributed by atoms with Crippen LogP contribution in [-0.2, 0) is 0 Å². The Kier molecular flexibility index (Phi) is 1.97. The largest absolute Gasteiger partial charge is 0.251 e. The Balaban J connectivity index is 2.76. The topological polar surface area (TPSA) is 0 Å². The normalized spacial score (nSPS) is 23.5. The van der Waals surface area contributed by atoms with Crippen LogP contribution in [0.4, 0.5) is 8.78 Å². The average molecular weight is 162 g/mol. The average Bonchev–Trinajstić information content (AvgIpc) is 1.52. The van der Waals surface area contributed by atoms with E-state index in [0.717, 1.165) is 13.3 Å². The molecule has 0 radical (unpaired) electrons. The van der Waals surface area contributed by atoms with E-state index in [4.69, 9.17) is 0 Å². The Morgan fingerprint density at radius 3 is 1.73 bits per heavy atom. The lowest BCUT2D eigenvalue weighted by Gasteiger charge is -2.49. The van der Waals surface area contributed by atoms with Crippen LogP contribution < -0.4 is 0 Å². The predicted octanol–water partition coefficient (Wildman–Crippen LogP) is 3.47. The van der Waals surface area contributed by atoms with E-state index in [-0.39, 0.29) is 5.92 Å². The van der Waals surface area contributed by atoms with Crippen molar-refractivity contribution in [2.75, 3.05) is 0 Å². The van der Waals surface area contributed by atoms with Gasteiger partial charge in [0.2, 0.25) is 0 Å². The standard InChI is InChI=1S/C9H16F2/c1-7(2)9(5-4-6-9)8(3,10)11/h7H,4-6H2,1-3H3. The van der Waals surface area contributed by atoms with Gasteiger partial charge in [-0.15, -0.1) is 0 Å². The Labute approximate surface area is 67.0 Å². The summed E-state index contributed by atoms with van der Waals surface area (Å²) in [5.74, 6) is -2.38. The molecule has 0 bridgehead atoms. The highest BCUT2D eigenvalue weighted by Gasteiger charge is 2.55. The first kappa shape index (κ1) is 8.95. The molecule has 1 saturated carbocycles. The number of halogens is 2. The highest BCUT2D eigenvalue weighted by molar-refractivity contribution is 4.98. The van der Waals surface area contributed by atoms with Gasteiger partial charge in [0.25, 0.3) is 5.92 Å². The molecular formula is C9H16F2. The van der Waals surface area contributed by atoms with Crippen LogP contribution in [0.1, 0.15) is 40.0 Å². The van der Waals surface area contributed by atoms with Gasteiger partial charge in [-0.05, 0) is 25.7 Å². The van der Waals surface area contributed by atoms with Crippen LogP contribution in [-0.4, -0.2) is 5.92 Å². The number of hydrogen-bond acceptors (Lipinski definition) is 0. The summed E-state index contributed by atoms with van der Waals surface area (Å²) >= 11 is 0. The summed E-state index contributed by atoms with van der Waals surface area (Å²) in [7, 11) is 0. The molecule has 0 aliphatic heterocycles. The maximum absolute atomic E-state index is 13.1. The zero-order chi connectivity index (χ0) is 8.70. The quantitative estimate of drug-likeness (QED) is 0.583. The van der Waals surface area contributed by atoms with Gasteiger partial charge in [0.1, 0.15) is 0 Å². The van der Waals surface area contributed by atoms with E-state index >= 15 is 0 Å². The molecule has 66 valence electrons. The van der Waals surface area contributed by atoms with E-state index < -0.39 is 11.3 Å². The molecule has 0 nitrogen and oxygen atoms in total. The van der Waals surface area contributed by atoms with Crippen LogP contribution in [0.25, 0.3) is 0 Å². The van der Waals surface area contributed by atoms with Gasteiger partial charge >= 0.3 is 0 Å². The number of rotatable bonds is 2. The fourth-order valence-electron chi connectivity index (χ4n) is 2.08. The monoisotopic (exact) mass is 162 g/mol. The highest BCUT2D eigenvalue weighted by Crippen LogP contribution is 2.56. The molecule has 0 aromatic carbocycles. The minimum Gasteiger partial charge on any atom is -0.207 e. The summed E-state index contributed by atoms with van der Waals surface area (Å²) in [6.07, 6.45) is 2.38. The maximum Gasteiger partial charge on any atom is 0.251 e. The first-order valence-corrected chi connectivity index (χ1v) is 4.28. The third-order valence-corrected chi connectivity index (χ3v) is 3.23. The highest BCUT2D eigenvalue weighted by atomic mass is 19.3. The lowest BCUT2D eigenvalue weighted by Crippen LogP contribution is -2.48. The summed E-state index contributed by atoms with van der Waals surface area (Å²) in [5.41, 5.74) is -0.674. The third-order valence-electron chi connectivity index (χ3n) is 3.23. The van der Waals surface area contributed by atoms with E-state index in [1.54, 1.807) is 0 Å². The van der Waals surface area contributed by atoms with Gasteiger partial charge in [0.05, 0.1) is 0 Å². The minimum atomic E-state index is -2.49. The van der Waals surface area contributed by atoms with E-state index in [2.05, 4.69) is 0 Å². The van der Waals surface area contributed by atoms with Gasteiger partial charge < -0.3 is 0 Å². The number of hydrogen-bond donors (Lipinski definition) is 0. The Morgan fingerprint density at radius 2 is 1.73 bits per heavy atom. The van der Waals surface area contributed by atoms with Gasteiger partial charge in [-0.25, -0.2) is 8.78 Å². The smallest absolute Gasteiger partial charge is 0.207 e. The van der Waals surface area contributed by atoms with E-state index in [0.29, 0.717) is 12.8 Å². The second kappa shape index (κ2) is 2.43. The third kappa shape index (κ3) is 1.17. The lowest BCUT2D eigenvalue weighted by molar-refractivity contribution is -0.172. The van der Waals surface area contributed by atoms with Crippen LogP contribution in [0, 0.1) is 11.3 Å². The first-order chi connectivity index (χ1) is 4.90. The second-order valence-electron chi connectivity index (χ2n) is 4.05. The Hall–Kier alpha value is -0.140. The summed E-state index contributed by atoms with van der Waals surface area (Å²) in [6.45, 7) is 4.86. The molecule has 1 aliphatic rings. The summed E-state index contributed by atoms with van der Waals surface area (Å²) in [5, 5.41) is 0. The van der Waals surface area contributed by atoms with E-state index in [9.17, 15) is 8.78 Å². The fourth-order valence-corrected chi connectivity index (χ4v) is 2.08. The molecule has 0 spiro atoms. The van der Waals surface area contributed by atoms with Crippen LogP contribution in [0.2, 0.25) is 0 Å². The second-order valence-corrected chi connectivity index (χ2v) is 4.05. The van der Waals surface area contributed by atoms with Gasteiger partial charge in [-0.2, -0.15) is 0 Å². The molecular weight excluding hydrogens is 146 g/mol. The van der Waals surface area contributed by atoms with Crippen LogP contribution in [0.15, 0.2) is 0 Å². The summed E-state index contributed by atoms with van der Waals surface area (Å²) in [6, 6.07) is 0. The molecule has 0 unspecified atom stereocenters. The SMILES string of the molecule is CC(C)C1(C(C)(F)F)CCC1. The molecule has 0 heterocycles.